The van der Waals surface area contributed by atoms with Crippen molar-refractivity contribution in [3.8, 4) is 0 Å². The van der Waals surface area contributed by atoms with Gasteiger partial charge in [0.2, 0.25) is 5.11 Å². The maximum absolute atomic E-state index is 5.10. The number of thiocarbonyl (C=S) groups is 1. The number of aromatic nitrogens is 1. The number of hydrogen-bond donors (Lipinski definition) is 4. The molecule has 0 unspecified atom stereocenters. The summed E-state index contributed by atoms with van der Waals surface area (Å²) in [4.78, 5) is 3.15. The van der Waals surface area contributed by atoms with Crippen LogP contribution in [-0.2, 0) is 0 Å². The minimum Gasteiger partial charge on any atom is -0.361 e. The summed E-state index contributed by atoms with van der Waals surface area (Å²) in [6.07, 6.45) is 3.55. The van der Waals surface area contributed by atoms with Crippen LogP contribution in [0.3, 0.4) is 0 Å². The van der Waals surface area contributed by atoms with E-state index in [-0.39, 0.29) is 5.11 Å². The van der Waals surface area contributed by atoms with Gasteiger partial charge in [0.25, 0.3) is 0 Å². The molecule has 0 spiro atoms. The van der Waals surface area contributed by atoms with Gasteiger partial charge in [-0.1, -0.05) is 15.9 Å². The van der Waals surface area contributed by atoms with Gasteiger partial charge < -0.3 is 4.98 Å². The predicted molar refractivity (Wildman–Crippen MR) is 76.6 cm³/mol. The first-order valence-corrected chi connectivity index (χ1v) is 5.97. The highest BCUT2D eigenvalue weighted by Gasteiger charge is 2.01. The van der Waals surface area contributed by atoms with Crippen LogP contribution in [0.25, 0.3) is 10.9 Å². The second-order valence-corrected chi connectivity index (χ2v) is 4.60. The number of hydrogen-bond acceptors (Lipinski definition) is 3. The van der Waals surface area contributed by atoms with E-state index in [4.69, 9.17) is 18.1 Å². The van der Waals surface area contributed by atoms with Crippen LogP contribution in [0.5, 0.6) is 0 Å². The van der Waals surface area contributed by atoms with Crippen molar-refractivity contribution in [3.63, 3.8) is 0 Å². The molecule has 0 bridgehead atoms. The molecule has 2 rings (SSSR count). The van der Waals surface area contributed by atoms with Gasteiger partial charge in [0.05, 0.1) is 6.21 Å². The lowest BCUT2D eigenvalue weighted by Crippen LogP contribution is -2.37. The van der Waals surface area contributed by atoms with E-state index in [1.54, 1.807) is 6.21 Å². The van der Waals surface area contributed by atoms with Crippen molar-refractivity contribution in [2.45, 2.75) is 0 Å². The molecular weight excluding hydrogens is 302 g/mol. The maximum atomic E-state index is 5.10. The Hall–Kier alpha value is -1.44. The van der Waals surface area contributed by atoms with Crippen LogP contribution < -0.4 is 16.7 Å². The van der Waals surface area contributed by atoms with Crippen molar-refractivity contribution in [1.82, 2.24) is 15.8 Å². The Morgan fingerprint density at radius 1 is 1.53 bits per heavy atom. The molecule has 5 nitrogen and oxygen atoms in total. The molecule has 17 heavy (non-hydrogen) atoms. The van der Waals surface area contributed by atoms with Gasteiger partial charge in [-0.3, -0.25) is 10.9 Å². The summed E-state index contributed by atoms with van der Waals surface area (Å²) in [5, 5.41) is 5.32. The average Bonchev–Trinajstić information content (AvgIpc) is 2.72. The average molecular weight is 312 g/mol. The van der Waals surface area contributed by atoms with E-state index in [9.17, 15) is 0 Å². The van der Waals surface area contributed by atoms with Crippen LogP contribution in [0.1, 0.15) is 5.56 Å². The minimum absolute atomic E-state index is 0.266. The van der Waals surface area contributed by atoms with Crippen molar-refractivity contribution in [1.29, 1.82) is 0 Å². The summed E-state index contributed by atoms with van der Waals surface area (Å²) in [7, 11) is 0. The summed E-state index contributed by atoms with van der Waals surface area (Å²) in [6, 6.07) is 5.99. The third-order valence-corrected chi connectivity index (χ3v) is 2.88. The van der Waals surface area contributed by atoms with E-state index in [1.807, 2.05) is 24.4 Å². The maximum Gasteiger partial charge on any atom is 0.201 e. The van der Waals surface area contributed by atoms with E-state index in [0.29, 0.717) is 0 Å². The van der Waals surface area contributed by atoms with Gasteiger partial charge in [0.15, 0.2) is 0 Å². The number of nitrogens with two attached hydrogens (primary N) is 1. The van der Waals surface area contributed by atoms with E-state index in [0.717, 1.165) is 20.9 Å². The molecule has 0 aliphatic heterocycles. The lowest BCUT2D eigenvalue weighted by molar-refractivity contribution is 0.930. The largest absolute Gasteiger partial charge is 0.361 e. The zero-order chi connectivity index (χ0) is 12.3. The number of nitrogens with one attached hydrogen (secondary N) is 3. The first-order chi connectivity index (χ1) is 8.20. The molecule has 0 radical (unpaired) electrons. The van der Waals surface area contributed by atoms with Crippen molar-refractivity contribution >= 4 is 50.4 Å². The van der Waals surface area contributed by atoms with Crippen LogP contribution >= 0.6 is 28.1 Å². The molecule has 2 aromatic rings. The molecule has 0 amide bonds. The number of aromatic amines is 1. The third kappa shape index (κ3) is 2.82. The van der Waals surface area contributed by atoms with Crippen molar-refractivity contribution in [3.05, 3.63) is 34.4 Å². The fraction of sp³-hybridized carbons (Fsp3) is 0. The van der Waals surface area contributed by atoms with E-state index >= 15 is 0 Å². The molecule has 1 aromatic carbocycles. The highest BCUT2D eigenvalue weighted by molar-refractivity contribution is 9.10. The Morgan fingerprint density at radius 3 is 3.12 bits per heavy atom. The van der Waals surface area contributed by atoms with Gasteiger partial charge in [-0.15, -0.1) is 0 Å². The molecule has 5 N–H and O–H groups in total. The van der Waals surface area contributed by atoms with Crippen LogP contribution in [0, 0.1) is 0 Å². The summed E-state index contributed by atoms with van der Waals surface area (Å²) >= 11 is 8.22. The predicted octanol–water partition coefficient (Wildman–Crippen LogP) is 1.60. The molecule has 0 atom stereocenters. The molecule has 0 saturated carbocycles. The molecule has 1 heterocycles. The zero-order valence-electron chi connectivity index (χ0n) is 8.70. The molecule has 1 aromatic heterocycles. The Bertz CT molecular complexity index is 577. The number of rotatable bonds is 2. The Balaban J connectivity index is 2.24. The topological polar surface area (TPSA) is 78.2 Å². The first-order valence-electron chi connectivity index (χ1n) is 4.77. The number of halogens is 1. The minimum atomic E-state index is 0.266. The van der Waals surface area contributed by atoms with Crippen LogP contribution in [0.15, 0.2) is 34.0 Å². The molecule has 0 aliphatic rings. The van der Waals surface area contributed by atoms with E-state index < -0.39 is 0 Å². The fourth-order valence-corrected chi connectivity index (χ4v) is 1.83. The zero-order valence-corrected chi connectivity index (χ0v) is 11.1. The lowest BCUT2D eigenvalue weighted by atomic mass is 10.2. The number of H-pyrrole nitrogens is 1. The van der Waals surface area contributed by atoms with Gasteiger partial charge in [-0.25, -0.2) is 5.84 Å². The quantitative estimate of drug-likeness (QED) is 0.294. The summed E-state index contributed by atoms with van der Waals surface area (Å²) < 4.78 is 1.02. The first kappa shape index (κ1) is 12.0. The molecule has 7 heteroatoms. The summed E-state index contributed by atoms with van der Waals surface area (Å²) in [5.74, 6) is 5.10. The summed E-state index contributed by atoms with van der Waals surface area (Å²) in [6.45, 7) is 0. The van der Waals surface area contributed by atoms with Crippen molar-refractivity contribution in [2.24, 2.45) is 10.9 Å². The molecule has 0 fully saturated rings. The highest BCUT2D eigenvalue weighted by Crippen LogP contribution is 2.21. The van der Waals surface area contributed by atoms with Crippen molar-refractivity contribution in [2.75, 3.05) is 0 Å². The monoisotopic (exact) mass is 311 g/mol. The van der Waals surface area contributed by atoms with Gasteiger partial charge in [0.1, 0.15) is 0 Å². The Labute approximate surface area is 112 Å². The highest BCUT2D eigenvalue weighted by atomic mass is 79.9. The molecular formula is C10H10BrN5S. The standard InChI is InChI=1S/C10H10BrN5S/c11-7-1-2-9-8(3-7)6(4-13-9)5-14-16-10(17)15-12/h1-5,13H,12H2,(H2,15,16,17)/b14-5+. The lowest BCUT2D eigenvalue weighted by Gasteiger charge is -1.98. The second-order valence-electron chi connectivity index (χ2n) is 3.28. The Kier molecular flexibility index (Phi) is 3.72. The molecule has 0 saturated heterocycles. The fourth-order valence-electron chi connectivity index (χ4n) is 1.41. The van der Waals surface area contributed by atoms with Crippen LogP contribution in [-0.4, -0.2) is 16.3 Å². The number of benzene rings is 1. The summed E-state index contributed by atoms with van der Waals surface area (Å²) in [5.41, 5.74) is 6.89. The van der Waals surface area contributed by atoms with Crippen molar-refractivity contribution < 1.29 is 0 Å². The van der Waals surface area contributed by atoms with Crippen LogP contribution in [0.2, 0.25) is 0 Å². The number of nitrogens with zero attached hydrogens (tertiary/aromatic N) is 1. The molecule has 88 valence electrons. The third-order valence-electron chi connectivity index (χ3n) is 2.18. The second kappa shape index (κ2) is 5.26. The smallest absolute Gasteiger partial charge is 0.201 e. The van der Waals surface area contributed by atoms with E-state index in [2.05, 4.69) is 36.9 Å². The number of fused-ring (bicyclic) bond motifs is 1. The van der Waals surface area contributed by atoms with Crippen LogP contribution in [0.4, 0.5) is 0 Å². The van der Waals surface area contributed by atoms with E-state index in [1.165, 1.54) is 0 Å². The Morgan fingerprint density at radius 2 is 2.35 bits per heavy atom. The van der Waals surface area contributed by atoms with Gasteiger partial charge in [-0.2, -0.15) is 5.10 Å². The SMILES string of the molecule is NNC(=S)N/N=C/c1c[nH]c2ccc(Br)cc12. The number of hydrazone groups is 1. The number of hydrazine groups is 1. The normalized spacial score (nSPS) is 10.9. The van der Waals surface area contributed by atoms with Gasteiger partial charge in [-0.05, 0) is 30.4 Å². The van der Waals surface area contributed by atoms with Gasteiger partial charge >= 0.3 is 0 Å². The van der Waals surface area contributed by atoms with Gasteiger partial charge in [0, 0.05) is 27.1 Å². The molecule has 0 aliphatic carbocycles.